The number of fused-ring (bicyclic) bond motifs is 6. The third-order valence-electron chi connectivity index (χ3n) is 6.00. The number of rotatable bonds is 2. The zero-order chi connectivity index (χ0) is 20.2. The van der Waals surface area contributed by atoms with Crippen LogP contribution in [0.2, 0.25) is 0 Å². The monoisotopic (exact) mass is 386 g/mol. The predicted octanol–water partition coefficient (Wildman–Crippen LogP) is 5.80. The molecule has 0 spiro atoms. The fourth-order valence-corrected chi connectivity index (χ4v) is 4.57. The SMILES string of the molecule is Nc1ccc2c(c1)Cc1cc(N=Cc3ccc4c(c3)C(=O)c3ccccc3-4)ccc1-2. The number of hydrogen-bond acceptors (Lipinski definition) is 3. The van der Waals surface area contributed by atoms with Gasteiger partial charge in [-0.3, -0.25) is 9.79 Å². The second kappa shape index (κ2) is 6.26. The highest BCUT2D eigenvalue weighted by Crippen LogP contribution is 2.39. The summed E-state index contributed by atoms with van der Waals surface area (Å²) in [6.07, 6.45) is 2.71. The summed E-state index contributed by atoms with van der Waals surface area (Å²) in [7, 11) is 0. The Hall–Kier alpha value is -3.98. The zero-order valence-electron chi connectivity index (χ0n) is 16.2. The molecule has 3 nitrogen and oxygen atoms in total. The van der Waals surface area contributed by atoms with Crippen LogP contribution in [-0.2, 0) is 6.42 Å². The van der Waals surface area contributed by atoms with Gasteiger partial charge in [0.2, 0.25) is 0 Å². The van der Waals surface area contributed by atoms with Crippen molar-refractivity contribution in [2.24, 2.45) is 4.99 Å². The van der Waals surface area contributed by atoms with Crippen LogP contribution in [0.1, 0.15) is 32.6 Å². The van der Waals surface area contributed by atoms with Crippen LogP contribution in [0.25, 0.3) is 22.3 Å². The van der Waals surface area contributed by atoms with Gasteiger partial charge in [0.25, 0.3) is 0 Å². The molecule has 4 aromatic rings. The van der Waals surface area contributed by atoms with Crippen LogP contribution in [0.15, 0.2) is 83.9 Å². The standard InChI is InChI=1S/C27H18N2O/c28-19-6-9-21-17(13-19)12-18-14-20(7-10-22(18)21)29-15-16-5-8-24-23-3-1-2-4-25(23)27(30)26(24)11-16/h1-11,13-15H,12,28H2. The maximum Gasteiger partial charge on any atom is 0.194 e. The summed E-state index contributed by atoms with van der Waals surface area (Å²) in [4.78, 5) is 17.4. The number of ketones is 1. The third-order valence-corrected chi connectivity index (χ3v) is 6.00. The van der Waals surface area contributed by atoms with E-state index in [1.165, 1.54) is 22.3 Å². The van der Waals surface area contributed by atoms with Crippen molar-refractivity contribution in [2.45, 2.75) is 6.42 Å². The Balaban J connectivity index is 1.30. The lowest BCUT2D eigenvalue weighted by Gasteiger charge is -2.03. The molecule has 0 atom stereocenters. The molecule has 0 aliphatic heterocycles. The molecule has 0 unspecified atom stereocenters. The Bertz CT molecular complexity index is 1400. The molecule has 2 N–H and O–H groups in total. The molecule has 0 amide bonds. The van der Waals surface area contributed by atoms with E-state index in [9.17, 15) is 4.79 Å². The smallest absolute Gasteiger partial charge is 0.194 e. The Kier molecular flexibility index (Phi) is 3.53. The van der Waals surface area contributed by atoms with Crippen LogP contribution in [0.3, 0.4) is 0 Å². The topological polar surface area (TPSA) is 55.4 Å². The first-order valence-corrected chi connectivity index (χ1v) is 10.0. The van der Waals surface area contributed by atoms with E-state index < -0.39 is 0 Å². The Morgan fingerprint density at radius 2 is 1.40 bits per heavy atom. The first kappa shape index (κ1) is 16.9. The number of aliphatic imine (C=N–C) groups is 1. The molecule has 3 heteroatoms. The van der Waals surface area contributed by atoms with Crippen molar-refractivity contribution in [1.82, 2.24) is 0 Å². The van der Waals surface area contributed by atoms with E-state index in [2.05, 4.69) is 29.3 Å². The largest absolute Gasteiger partial charge is 0.399 e. The highest BCUT2D eigenvalue weighted by Gasteiger charge is 2.26. The van der Waals surface area contributed by atoms with Gasteiger partial charge >= 0.3 is 0 Å². The molecular weight excluding hydrogens is 368 g/mol. The van der Waals surface area contributed by atoms with Crippen LogP contribution >= 0.6 is 0 Å². The van der Waals surface area contributed by atoms with Crippen LogP contribution in [0, 0.1) is 0 Å². The first-order valence-electron chi connectivity index (χ1n) is 10.0. The van der Waals surface area contributed by atoms with E-state index in [0.717, 1.165) is 45.6 Å². The number of nitrogens with zero attached hydrogens (tertiary/aromatic N) is 1. The molecule has 30 heavy (non-hydrogen) atoms. The number of carbonyl (C=O) groups excluding carboxylic acids is 1. The summed E-state index contributed by atoms with van der Waals surface area (Å²) in [6.45, 7) is 0. The van der Waals surface area contributed by atoms with E-state index >= 15 is 0 Å². The Morgan fingerprint density at radius 3 is 2.27 bits per heavy atom. The molecule has 2 aliphatic carbocycles. The lowest BCUT2D eigenvalue weighted by Crippen LogP contribution is -1.95. The lowest BCUT2D eigenvalue weighted by molar-refractivity contribution is 0.104. The highest BCUT2D eigenvalue weighted by molar-refractivity contribution is 6.22. The minimum absolute atomic E-state index is 0.0884. The van der Waals surface area contributed by atoms with Crippen molar-refractivity contribution >= 4 is 23.4 Å². The maximum absolute atomic E-state index is 12.7. The molecule has 4 aromatic carbocycles. The quantitative estimate of drug-likeness (QED) is 0.302. The van der Waals surface area contributed by atoms with Crippen molar-refractivity contribution in [3.63, 3.8) is 0 Å². The van der Waals surface area contributed by atoms with Gasteiger partial charge in [0.1, 0.15) is 0 Å². The number of anilines is 1. The lowest BCUT2D eigenvalue weighted by atomic mass is 10.0. The molecule has 0 radical (unpaired) electrons. The van der Waals surface area contributed by atoms with Gasteiger partial charge in [0, 0.05) is 23.0 Å². The number of nitrogens with two attached hydrogens (primary N) is 1. The van der Waals surface area contributed by atoms with Crippen molar-refractivity contribution in [3.8, 4) is 22.3 Å². The van der Waals surface area contributed by atoms with Crippen molar-refractivity contribution in [1.29, 1.82) is 0 Å². The van der Waals surface area contributed by atoms with Gasteiger partial charge in [0.05, 0.1) is 5.69 Å². The fourth-order valence-electron chi connectivity index (χ4n) is 4.57. The van der Waals surface area contributed by atoms with Crippen LogP contribution in [0.5, 0.6) is 0 Å². The summed E-state index contributed by atoms with van der Waals surface area (Å²) in [6, 6.07) is 26.1. The van der Waals surface area contributed by atoms with Gasteiger partial charge < -0.3 is 5.73 Å². The van der Waals surface area contributed by atoms with Crippen LogP contribution in [-0.4, -0.2) is 12.0 Å². The van der Waals surface area contributed by atoms with Gasteiger partial charge in [-0.15, -0.1) is 0 Å². The average molecular weight is 386 g/mol. The molecule has 0 aromatic heterocycles. The van der Waals surface area contributed by atoms with Gasteiger partial charge in [-0.1, -0.05) is 48.5 Å². The second-order valence-electron chi connectivity index (χ2n) is 7.87. The molecule has 0 saturated heterocycles. The summed E-state index contributed by atoms with van der Waals surface area (Å²) in [5.41, 5.74) is 17.2. The maximum atomic E-state index is 12.7. The van der Waals surface area contributed by atoms with E-state index in [0.29, 0.717) is 0 Å². The van der Waals surface area contributed by atoms with Gasteiger partial charge in [-0.05, 0) is 75.7 Å². The van der Waals surface area contributed by atoms with Crippen molar-refractivity contribution in [2.75, 3.05) is 5.73 Å². The Morgan fingerprint density at radius 1 is 0.700 bits per heavy atom. The first-order chi connectivity index (χ1) is 14.7. The van der Waals surface area contributed by atoms with Crippen molar-refractivity contribution < 1.29 is 4.79 Å². The number of hydrogen-bond donors (Lipinski definition) is 1. The molecule has 0 saturated carbocycles. The van der Waals surface area contributed by atoms with Crippen molar-refractivity contribution in [3.05, 3.63) is 107 Å². The summed E-state index contributed by atoms with van der Waals surface area (Å²) < 4.78 is 0. The van der Waals surface area contributed by atoms with E-state index in [-0.39, 0.29) is 5.78 Å². The summed E-state index contributed by atoms with van der Waals surface area (Å²) in [5, 5.41) is 0. The third kappa shape index (κ3) is 2.52. The fraction of sp³-hybridized carbons (Fsp3) is 0.0370. The minimum atomic E-state index is 0.0884. The average Bonchev–Trinajstić information content (AvgIpc) is 3.26. The van der Waals surface area contributed by atoms with Crippen LogP contribution in [0.4, 0.5) is 11.4 Å². The molecule has 0 heterocycles. The minimum Gasteiger partial charge on any atom is -0.399 e. The summed E-state index contributed by atoms with van der Waals surface area (Å²) >= 11 is 0. The normalized spacial score (nSPS) is 13.3. The molecule has 142 valence electrons. The number of carbonyl (C=O) groups is 1. The van der Waals surface area contributed by atoms with Crippen LogP contribution < -0.4 is 5.73 Å². The van der Waals surface area contributed by atoms with E-state index in [1.54, 1.807) is 0 Å². The zero-order valence-corrected chi connectivity index (χ0v) is 16.2. The van der Waals surface area contributed by atoms with Gasteiger partial charge in [-0.25, -0.2) is 0 Å². The van der Waals surface area contributed by atoms with Gasteiger partial charge in [-0.2, -0.15) is 0 Å². The highest BCUT2D eigenvalue weighted by atomic mass is 16.1. The molecule has 0 fully saturated rings. The Labute approximate surface area is 174 Å². The molecule has 0 bridgehead atoms. The molecule has 6 rings (SSSR count). The second-order valence-corrected chi connectivity index (χ2v) is 7.87. The number of nitrogen functional groups attached to an aromatic ring is 1. The molecule has 2 aliphatic rings. The summed E-state index contributed by atoms with van der Waals surface area (Å²) in [5.74, 6) is 0.0884. The van der Waals surface area contributed by atoms with E-state index in [1.807, 2.05) is 60.8 Å². The molecular formula is C27H18N2O. The van der Waals surface area contributed by atoms with E-state index in [4.69, 9.17) is 5.73 Å². The van der Waals surface area contributed by atoms with Gasteiger partial charge in [0.15, 0.2) is 5.78 Å². The predicted molar refractivity (Wildman–Crippen MR) is 122 cm³/mol. The number of benzene rings is 4.